The van der Waals surface area contributed by atoms with Crippen molar-refractivity contribution in [2.75, 3.05) is 0 Å². The highest BCUT2D eigenvalue weighted by Crippen LogP contribution is 2.45. The molecule has 0 aliphatic heterocycles. The van der Waals surface area contributed by atoms with E-state index in [0.717, 1.165) is 76.5 Å². The first-order chi connectivity index (χ1) is 26.2. The fourth-order valence-electron chi connectivity index (χ4n) is 7.23. The topological polar surface area (TPSA) is 13.1 Å². The fraction of sp³-hybridized carbons (Fsp3) is 0. The molecule has 0 radical (unpaired) electrons. The van der Waals surface area contributed by atoms with Gasteiger partial charge in [0.05, 0.1) is 9.60 Å². The minimum Gasteiger partial charge on any atom is -0.456 e. The van der Waals surface area contributed by atoms with E-state index in [1.165, 1.54) is 0 Å². The predicted molar refractivity (Wildman–Crippen MR) is 200 cm³/mol. The van der Waals surface area contributed by atoms with Crippen LogP contribution >= 0.6 is 0 Å². The third-order valence-corrected chi connectivity index (χ3v) is 9.31. The van der Waals surface area contributed by atoms with Crippen LogP contribution < -0.4 is 0 Å². The molecule has 0 spiro atoms. The van der Waals surface area contributed by atoms with E-state index in [9.17, 15) is 0 Å². The van der Waals surface area contributed by atoms with Crippen molar-refractivity contribution in [2.45, 2.75) is 0 Å². The monoisotopic (exact) mass is 603 g/mol. The summed E-state index contributed by atoms with van der Waals surface area (Å²) in [4.78, 5) is 0. The molecule has 0 unspecified atom stereocenters. The lowest BCUT2D eigenvalue weighted by Crippen LogP contribution is -1.91. The van der Waals surface area contributed by atoms with Crippen LogP contribution in [0.5, 0.6) is 0 Å². The minimum absolute atomic E-state index is 0.0572. The molecule has 0 aliphatic carbocycles. The maximum absolute atomic E-state index is 8.98. The van der Waals surface area contributed by atoms with Gasteiger partial charge in [-0.2, -0.15) is 0 Å². The second-order valence-corrected chi connectivity index (χ2v) is 11.9. The maximum Gasteiger partial charge on any atom is 0.136 e. The van der Waals surface area contributed by atoms with Crippen LogP contribution in [-0.4, -0.2) is 0 Å². The molecule has 0 saturated carbocycles. The van der Waals surface area contributed by atoms with Crippen molar-refractivity contribution in [3.05, 3.63) is 170 Å². The van der Waals surface area contributed by atoms with E-state index in [4.69, 9.17) is 14.0 Å². The molecule has 0 N–H and O–H groups in total. The Kier molecular flexibility index (Phi) is 4.34. The molecule has 0 aliphatic rings. The SMILES string of the molecule is [2H]c1c([2H])c([2H])c2c(-c3cccc(-c4c5ccccc5c(-c5ccc6oc7cc8ccccc8cc7c6c5)c5ccccc45)c3)c([2H])c([2H])c([2H])c2c1[2H]. The van der Waals surface area contributed by atoms with Crippen LogP contribution in [0.15, 0.2) is 174 Å². The van der Waals surface area contributed by atoms with E-state index in [-0.39, 0.29) is 46.5 Å². The molecule has 47 heavy (non-hydrogen) atoms. The van der Waals surface area contributed by atoms with Gasteiger partial charge >= 0.3 is 0 Å². The molecular weight excluding hydrogens is 569 g/mol. The van der Waals surface area contributed by atoms with Gasteiger partial charge in [-0.1, -0.05) is 139 Å². The quantitative estimate of drug-likeness (QED) is 0.183. The van der Waals surface area contributed by atoms with Gasteiger partial charge < -0.3 is 4.42 Å². The molecule has 0 amide bonds. The van der Waals surface area contributed by atoms with E-state index >= 15 is 0 Å². The van der Waals surface area contributed by atoms with E-state index in [1.54, 1.807) is 6.07 Å². The lowest BCUT2D eigenvalue weighted by atomic mass is 9.85. The average Bonchev–Trinajstić information content (AvgIpc) is 3.55. The highest BCUT2D eigenvalue weighted by molar-refractivity contribution is 6.22. The Bertz CT molecular complexity index is 3190. The first-order valence-electron chi connectivity index (χ1n) is 19.1. The molecule has 1 aromatic heterocycles. The van der Waals surface area contributed by atoms with Crippen molar-refractivity contribution < 1.29 is 14.0 Å². The Morgan fingerprint density at radius 2 is 0.957 bits per heavy atom. The summed E-state index contributed by atoms with van der Waals surface area (Å²) < 4.78 is 66.6. The molecule has 1 heteroatoms. The van der Waals surface area contributed by atoms with Gasteiger partial charge in [0.1, 0.15) is 11.2 Å². The van der Waals surface area contributed by atoms with Gasteiger partial charge in [0.2, 0.25) is 0 Å². The zero-order chi connectivity index (χ0) is 37.0. The zero-order valence-electron chi connectivity index (χ0n) is 32.0. The van der Waals surface area contributed by atoms with Crippen molar-refractivity contribution in [3.8, 4) is 33.4 Å². The normalized spacial score (nSPS) is 13.9. The largest absolute Gasteiger partial charge is 0.456 e. The molecule has 10 aromatic rings. The number of benzene rings is 9. The predicted octanol–water partition coefficient (Wildman–Crippen LogP) is 13.2. The van der Waals surface area contributed by atoms with Crippen molar-refractivity contribution in [3.63, 3.8) is 0 Å². The molecule has 1 heterocycles. The van der Waals surface area contributed by atoms with Crippen LogP contribution in [0.25, 0.3) is 98.4 Å². The van der Waals surface area contributed by atoms with Gasteiger partial charge in [-0.25, -0.2) is 0 Å². The Morgan fingerprint density at radius 3 is 1.70 bits per heavy atom. The van der Waals surface area contributed by atoms with Crippen molar-refractivity contribution >= 4 is 65.0 Å². The second kappa shape index (κ2) is 10.2. The second-order valence-electron chi connectivity index (χ2n) is 11.9. The first kappa shape index (κ1) is 20.0. The van der Waals surface area contributed by atoms with Gasteiger partial charge in [-0.3, -0.25) is 0 Å². The summed E-state index contributed by atoms with van der Waals surface area (Å²) in [6, 6.07) is 40.6. The summed E-state index contributed by atoms with van der Waals surface area (Å²) in [7, 11) is 0. The Morgan fingerprint density at radius 1 is 0.362 bits per heavy atom. The lowest BCUT2D eigenvalue weighted by Gasteiger charge is -2.18. The van der Waals surface area contributed by atoms with Gasteiger partial charge in [-0.15, -0.1) is 0 Å². The zero-order valence-corrected chi connectivity index (χ0v) is 25.0. The average molecular weight is 604 g/mol. The molecule has 0 saturated heterocycles. The first-order valence-corrected chi connectivity index (χ1v) is 15.6. The molecule has 9 aromatic carbocycles. The third-order valence-electron chi connectivity index (χ3n) is 9.31. The van der Waals surface area contributed by atoms with Crippen LogP contribution in [-0.2, 0) is 0 Å². The van der Waals surface area contributed by atoms with Gasteiger partial charge in [-0.05, 0) is 107 Å². The van der Waals surface area contributed by atoms with Crippen LogP contribution in [0.3, 0.4) is 0 Å². The third kappa shape index (κ3) is 4.03. The molecular formula is C46H28O. The molecule has 0 atom stereocenters. The summed E-state index contributed by atoms with van der Waals surface area (Å²) >= 11 is 0. The maximum atomic E-state index is 8.98. The fourth-order valence-corrected chi connectivity index (χ4v) is 7.23. The number of furan rings is 1. The van der Waals surface area contributed by atoms with Crippen molar-refractivity contribution in [2.24, 2.45) is 0 Å². The van der Waals surface area contributed by atoms with Crippen LogP contribution in [0.4, 0.5) is 0 Å². The smallest absolute Gasteiger partial charge is 0.136 e. The molecule has 218 valence electrons. The summed E-state index contributed by atoms with van der Waals surface area (Å²) in [6.45, 7) is 0. The molecule has 0 bridgehead atoms. The summed E-state index contributed by atoms with van der Waals surface area (Å²) in [6.07, 6.45) is 0. The highest BCUT2D eigenvalue weighted by Gasteiger charge is 2.18. The Labute approximate surface area is 281 Å². The summed E-state index contributed by atoms with van der Waals surface area (Å²) in [5.74, 6) is 0. The number of hydrogen-bond acceptors (Lipinski definition) is 1. The number of hydrogen-bond donors (Lipinski definition) is 0. The Hall–Kier alpha value is -6.18. The van der Waals surface area contributed by atoms with E-state index < -0.39 is 12.1 Å². The van der Waals surface area contributed by atoms with E-state index in [1.807, 2.05) is 54.6 Å². The number of rotatable bonds is 3. The van der Waals surface area contributed by atoms with Crippen LogP contribution in [0.2, 0.25) is 0 Å². The van der Waals surface area contributed by atoms with Gasteiger partial charge in [0.15, 0.2) is 0 Å². The molecule has 1 nitrogen and oxygen atoms in total. The van der Waals surface area contributed by atoms with E-state index in [0.29, 0.717) is 5.56 Å². The summed E-state index contributed by atoms with van der Waals surface area (Å²) in [5, 5.41) is 8.56. The van der Waals surface area contributed by atoms with Gasteiger partial charge in [0, 0.05) is 10.8 Å². The van der Waals surface area contributed by atoms with Crippen molar-refractivity contribution in [1.29, 1.82) is 0 Å². The summed E-state index contributed by atoms with van der Waals surface area (Å²) in [5.41, 5.74) is 6.40. The molecule has 10 rings (SSSR count). The number of fused-ring (bicyclic) bond motifs is 7. The standard InChI is InChI=1S/C46H28O/c1-2-13-31-28-44-42(26-30(31)12-1)41-27-34(23-24-43(41)47-44)46-39-20-7-5-18-37(39)45(38-19-6-8-21-40(38)46)33-16-9-15-32(25-33)36-22-10-14-29-11-3-4-17-35(29)36/h1-28H/i3D,4D,10D,11D,14D,17D,22D. The molecule has 0 fully saturated rings. The highest BCUT2D eigenvalue weighted by atomic mass is 16.3. The van der Waals surface area contributed by atoms with Gasteiger partial charge in [0.25, 0.3) is 0 Å². The van der Waals surface area contributed by atoms with Crippen LogP contribution in [0, 0.1) is 0 Å². The van der Waals surface area contributed by atoms with Crippen molar-refractivity contribution in [1.82, 2.24) is 0 Å². The van der Waals surface area contributed by atoms with Crippen LogP contribution in [0.1, 0.15) is 9.60 Å². The van der Waals surface area contributed by atoms with E-state index in [2.05, 4.69) is 66.7 Å². The Balaban J connectivity index is 1.24. The minimum atomic E-state index is -0.468. The lowest BCUT2D eigenvalue weighted by molar-refractivity contribution is 0.669.